The minimum Gasteiger partial charge on any atom is -0.382 e. The van der Waals surface area contributed by atoms with Crippen LogP contribution >= 0.6 is 0 Å². The number of carbonyl (C=O) groups is 1. The molecule has 0 amide bonds. The van der Waals surface area contributed by atoms with E-state index in [0.29, 0.717) is 12.2 Å². The van der Waals surface area contributed by atoms with Gasteiger partial charge in [-0.2, -0.15) is 0 Å². The molecule has 20 heavy (non-hydrogen) atoms. The molecule has 2 rings (SSSR count). The summed E-state index contributed by atoms with van der Waals surface area (Å²) in [5, 5.41) is 10.3. The van der Waals surface area contributed by atoms with Crippen LogP contribution in [0.15, 0.2) is 60.7 Å². The summed E-state index contributed by atoms with van der Waals surface area (Å²) in [5.74, 6) is -0.326. The van der Waals surface area contributed by atoms with Gasteiger partial charge in [0.05, 0.1) is 0 Å². The van der Waals surface area contributed by atoms with Gasteiger partial charge >= 0.3 is 0 Å². The van der Waals surface area contributed by atoms with E-state index < -0.39 is 12.2 Å². The molecular weight excluding hydrogens is 252 g/mol. The topological polar surface area (TPSA) is 46.5 Å². The highest BCUT2D eigenvalue weighted by atomic mass is 16.5. The third-order valence-electron chi connectivity index (χ3n) is 3.09. The average Bonchev–Trinajstić information content (AvgIpc) is 2.53. The van der Waals surface area contributed by atoms with Gasteiger partial charge in [-0.05, 0) is 12.5 Å². The summed E-state index contributed by atoms with van der Waals surface area (Å²) in [6, 6.07) is 18.1. The maximum Gasteiger partial charge on any atom is 0.194 e. The predicted octanol–water partition coefficient (Wildman–Crippen LogP) is 3.01. The van der Waals surface area contributed by atoms with Crippen LogP contribution in [0.3, 0.4) is 0 Å². The Bertz CT molecular complexity index is 537. The van der Waals surface area contributed by atoms with E-state index in [4.69, 9.17) is 4.74 Å². The first kappa shape index (κ1) is 14.4. The average molecular weight is 270 g/mol. The molecule has 1 N–H and O–H groups in total. The van der Waals surface area contributed by atoms with E-state index in [1.54, 1.807) is 24.3 Å². The Morgan fingerprint density at radius 3 is 2.15 bits per heavy atom. The van der Waals surface area contributed by atoms with Gasteiger partial charge in [-0.3, -0.25) is 4.79 Å². The van der Waals surface area contributed by atoms with E-state index in [2.05, 4.69) is 0 Å². The Labute approximate surface area is 118 Å². The lowest BCUT2D eigenvalue weighted by Gasteiger charge is -2.22. The molecule has 2 aromatic rings. The third kappa shape index (κ3) is 3.32. The van der Waals surface area contributed by atoms with E-state index in [0.717, 1.165) is 5.56 Å². The van der Waals surface area contributed by atoms with Crippen LogP contribution in [0.4, 0.5) is 0 Å². The fourth-order valence-electron chi connectivity index (χ4n) is 2.10. The summed E-state index contributed by atoms with van der Waals surface area (Å²) >= 11 is 0. The molecule has 2 atom stereocenters. The van der Waals surface area contributed by atoms with Crippen LogP contribution in [-0.4, -0.2) is 23.6 Å². The number of hydrogen-bond donors (Lipinski definition) is 1. The maximum absolute atomic E-state index is 12.3. The van der Waals surface area contributed by atoms with E-state index >= 15 is 0 Å². The number of ketones is 1. The molecule has 0 aromatic heterocycles. The molecule has 0 unspecified atom stereocenters. The van der Waals surface area contributed by atoms with Gasteiger partial charge in [0.1, 0.15) is 12.2 Å². The molecule has 2 aromatic carbocycles. The van der Waals surface area contributed by atoms with Crippen molar-refractivity contribution >= 4 is 5.78 Å². The largest absolute Gasteiger partial charge is 0.382 e. The highest BCUT2D eigenvalue weighted by molar-refractivity contribution is 5.99. The first-order valence-corrected chi connectivity index (χ1v) is 6.68. The van der Waals surface area contributed by atoms with Gasteiger partial charge in [-0.1, -0.05) is 60.7 Å². The zero-order valence-corrected chi connectivity index (χ0v) is 11.4. The number of aliphatic hydroxyl groups excluding tert-OH is 1. The lowest BCUT2D eigenvalue weighted by molar-refractivity contribution is -0.0231. The second-order valence-corrected chi connectivity index (χ2v) is 4.46. The third-order valence-corrected chi connectivity index (χ3v) is 3.09. The normalized spacial score (nSPS) is 13.7. The number of hydrogen-bond acceptors (Lipinski definition) is 3. The first-order chi connectivity index (χ1) is 9.74. The predicted molar refractivity (Wildman–Crippen MR) is 77.6 cm³/mol. The van der Waals surface area contributed by atoms with Crippen LogP contribution < -0.4 is 0 Å². The van der Waals surface area contributed by atoms with E-state index in [1.165, 1.54) is 0 Å². The van der Waals surface area contributed by atoms with Crippen LogP contribution in [0, 0.1) is 0 Å². The number of benzene rings is 2. The molecule has 0 aliphatic carbocycles. The molecule has 0 saturated heterocycles. The molecule has 0 aliphatic heterocycles. The number of ether oxygens (including phenoxy) is 1. The Morgan fingerprint density at radius 2 is 1.60 bits per heavy atom. The fourth-order valence-corrected chi connectivity index (χ4v) is 2.10. The quantitative estimate of drug-likeness (QED) is 0.821. The number of aliphatic hydroxyl groups is 1. The number of rotatable bonds is 6. The summed E-state index contributed by atoms with van der Waals surface area (Å²) in [6.07, 6.45) is -1.85. The van der Waals surface area contributed by atoms with Crippen molar-refractivity contribution in [2.75, 3.05) is 6.61 Å². The zero-order chi connectivity index (χ0) is 14.4. The standard InChI is InChI=1S/C17H18O3/c1-2-20-17(14-11-7-4-8-12-14)16(19)15(18)13-9-5-3-6-10-13/h3-12,16-17,19H,2H2,1H3/t16-,17-/m1/s1. The molecule has 0 bridgehead atoms. The number of carbonyl (C=O) groups excluding carboxylic acids is 1. The Hall–Kier alpha value is -1.97. The van der Waals surface area contributed by atoms with Gasteiger partial charge in [0.2, 0.25) is 0 Å². The molecule has 104 valence electrons. The molecule has 0 heterocycles. The summed E-state index contributed by atoms with van der Waals surface area (Å²) in [5.41, 5.74) is 1.28. The SMILES string of the molecule is CCO[C@H](c1ccccc1)[C@H](O)C(=O)c1ccccc1. The van der Waals surface area contributed by atoms with E-state index in [1.807, 2.05) is 43.3 Å². The number of Topliss-reactive ketones (excluding diaryl/α,β-unsaturated/α-hetero) is 1. The van der Waals surface area contributed by atoms with Crippen LogP contribution in [0.2, 0.25) is 0 Å². The smallest absolute Gasteiger partial charge is 0.194 e. The lowest BCUT2D eigenvalue weighted by atomic mass is 9.97. The molecule has 0 aliphatic rings. The molecule has 3 nitrogen and oxygen atoms in total. The molecule has 0 saturated carbocycles. The Balaban J connectivity index is 2.23. The van der Waals surface area contributed by atoms with Crippen molar-refractivity contribution in [3.63, 3.8) is 0 Å². The Kier molecular flexibility index (Phi) is 5.04. The van der Waals surface area contributed by atoms with Crippen LogP contribution in [0.1, 0.15) is 28.9 Å². The van der Waals surface area contributed by atoms with Gasteiger partial charge in [-0.15, -0.1) is 0 Å². The second-order valence-electron chi connectivity index (χ2n) is 4.46. The minimum absolute atomic E-state index is 0.326. The van der Waals surface area contributed by atoms with Crippen molar-refractivity contribution in [3.8, 4) is 0 Å². The highest BCUT2D eigenvalue weighted by Crippen LogP contribution is 2.23. The molecule has 3 heteroatoms. The first-order valence-electron chi connectivity index (χ1n) is 6.68. The van der Waals surface area contributed by atoms with Crippen LogP contribution in [0.25, 0.3) is 0 Å². The Morgan fingerprint density at radius 1 is 1.05 bits per heavy atom. The van der Waals surface area contributed by atoms with Crippen molar-refractivity contribution < 1.29 is 14.6 Å². The fraction of sp³-hybridized carbons (Fsp3) is 0.235. The van der Waals surface area contributed by atoms with Gasteiger partial charge in [0.25, 0.3) is 0 Å². The summed E-state index contributed by atoms with van der Waals surface area (Å²) in [4.78, 5) is 12.3. The van der Waals surface area contributed by atoms with Crippen LogP contribution in [-0.2, 0) is 4.74 Å². The zero-order valence-electron chi connectivity index (χ0n) is 11.4. The van der Waals surface area contributed by atoms with Crippen molar-refractivity contribution in [3.05, 3.63) is 71.8 Å². The van der Waals surface area contributed by atoms with Gasteiger partial charge in [0.15, 0.2) is 5.78 Å². The van der Waals surface area contributed by atoms with Crippen molar-refractivity contribution in [1.82, 2.24) is 0 Å². The maximum atomic E-state index is 12.3. The highest BCUT2D eigenvalue weighted by Gasteiger charge is 2.28. The minimum atomic E-state index is -1.21. The molecule has 0 spiro atoms. The van der Waals surface area contributed by atoms with Crippen molar-refractivity contribution in [2.24, 2.45) is 0 Å². The van der Waals surface area contributed by atoms with Gasteiger partial charge < -0.3 is 9.84 Å². The summed E-state index contributed by atoms with van der Waals surface area (Å²) in [7, 11) is 0. The molecule has 0 fully saturated rings. The van der Waals surface area contributed by atoms with E-state index in [-0.39, 0.29) is 5.78 Å². The lowest BCUT2D eigenvalue weighted by Crippen LogP contribution is -2.30. The molecular formula is C17H18O3. The van der Waals surface area contributed by atoms with Crippen molar-refractivity contribution in [2.45, 2.75) is 19.1 Å². The van der Waals surface area contributed by atoms with E-state index in [9.17, 15) is 9.90 Å². The second kappa shape index (κ2) is 6.98. The van der Waals surface area contributed by atoms with Crippen LogP contribution in [0.5, 0.6) is 0 Å². The summed E-state index contributed by atoms with van der Waals surface area (Å²) < 4.78 is 5.56. The van der Waals surface area contributed by atoms with Gasteiger partial charge in [-0.25, -0.2) is 0 Å². The summed E-state index contributed by atoms with van der Waals surface area (Å²) in [6.45, 7) is 2.27. The van der Waals surface area contributed by atoms with Crippen molar-refractivity contribution in [1.29, 1.82) is 0 Å². The molecule has 0 radical (unpaired) electrons. The van der Waals surface area contributed by atoms with Gasteiger partial charge in [0, 0.05) is 12.2 Å². The monoisotopic (exact) mass is 270 g/mol.